The highest BCUT2D eigenvalue weighted by molar-refractivity contribution is 5.80. The molecule has 11 nitrogen and oxygen atoms in total. The van der Waals surface area contributed by atoms with Crippen LogP contribution < -0.4 is 5.32 Å². The van der Waals surface area contributed by atoms with Gasteiger partial charge in [-0.05, 0) is 103 Å². The molecule has 0 aliphatic carbocycles. The fourth-order valence-corrected chi connectivity index (χ4v) is 9.40. The van der Waals surface area contributed by atoms with Crippen LogP contribution in [0, 0.1) is 0 Å². The Balaban J connectivity index is 2.67. The normalized spacial score (nSPS) is 19.5. The number of aliphatic hydroxyl groups is 5. The highest BCUT2D eigenvalue weighted by Gasteiger charge is 2.47. The number of carbonyl (C=O) groups is 2. The lowest BCUT2D eigenvalue weighted by atomic mass is 9.99. The average Bonchev–Trinajstić information content (AvgIpc) is 3.51. The quantitative estimate of drug-likeness (QED) is 0.0195. The molecule has 0 bridgehead atoms. The first-order valence-corrected chi connectivity index (χ1v) is 32.2. The summed E-state index contributed by atoms with van der Waals surface area (Å²) in [6.45, 7) is 5.55. The molecule has 8 atom stereocenters. The number of rotatable bonds is 53. The van der Waals surface area contributed by atoms with Gasteiger partial charge in [0.05, 0.1) is 25.4 Å². The van der Waals surface area contributed by atoms with E-state index in [2.05, 4.69) is 123 Å². The van der Waals surface area contributed by atoms with Gasteiger partial charge in [0.25, 0.3) is 0 Å². The molecular weight excluding hydrogens is 1000 g/mol. The Morgan fingerprint density at radius 2 is 0.900 bits per heavy atom. The lowest BCUT2D eigenvalue weighted by Crippen LogP contribution is -2.61. The van der Waals surface area contributed by atoms with Gasteiger partial charge in [0.2, 0.25) is 5.91 Å². The minimum atomic E-state index is -1.63. The van der Waals surface area contributed by atoms with Crippen LogP contribution in [-0.4, -0.2) is 99.6 Å². The first-order valence-electron chi connectivity index (χ1n) is 32.2. The Bertz CT molecular complexity index is 1710. The molecular formula is C69H117NO10. The molecule has 80 heavy (non-hydrogen) atoms. The van der Waals surface area contributed by atoms with Crippen molar-refractivity contribution in [1.29, 1.82) is 0 Å². The summed E-state index contributed by atoms with van der Waals surface area (Å²) in [6, 6.07) is -1.04. The molecule has 1 aliphatic heterocycles. The molecule has 11 heteroatoms. The first kappa shape index (κ1) is 74.3. The van der Waals surface area contributed by atoms with Gasteiger partial charge in [-0.1, -0.05) is 252 Å². The Labute approximate surface area is 488 Å². The van der Waals surface area contributed by atoms with Gasteiger partial charge in [0, 0.05) is 6.42 Å². The third kappa shape index (κ3) is 43.1. The topological polar surface area (TPSA) is 175 Å². The molecule has 1 amide bonds. The van der Waals surface area contributed by atoms with E-state index in [-0.39, 0.29) is 19.4 Å². The molecule has 0 aromatic heterocycles. The van der Waals surface area contributed by atoms with Crippen LogP contribution in [0.2, 0.25) is 0 Å². The second-order valence-electron chi connectivity index (χ2n) is 21.7. The van der Waals surface area contributed by atoms with Crippen LogP contribution in [0.1, 0.15) is 252 Å². The van der Waals surface area contributed by atoms with E-state index in [1.54, 1.807) is 6.08 Å². The van der Waals surface area contributed by atoms with Gasteiger partial charge in [-0.15, -0.1) is 0 Å². The number of hydrogen-bond donors (Lipinski definition) is 6. The average molecular weight is 1120 g/mol. The fourth-order valence-electron chi connectivity index (χ4n) is 9.40. The maximum Gasteiger partial charge on any atom is 0.306 e. The van der Waals surface area contributed by atoms with Gasteiger partial charge >= 0.3 is 5.97 Å². The minimum Gasteiger partial charge on any atom is -0.454 e. The molecule has 6 N–H and O–H groups in total. The number of hydrogen-bond acceptors (Lipinski definition) is 10. The highest BCUT2D eigenvalue weighted by atomic mass is 16.7. The molecule has 0 spiro atoms. The predicted molar refractivity (Wildman–Crippen MR) is 333 cm³/mol. The van der Waals surface area contributed by atoms with E-state index >= 15 is 0 Å². The Hall–Kier alpha value is -3.68. The number of aliphatic hydroxyl groups excluding tert-OH is 5. The van der Waals surface area contributed by atoms with Crippen molar-refractivity contribution in [2.75, 3.05) is 13.2 Å². The smallest absolute Gasteiger partial charge is 0.306 e. The molecule has 1 rings (SSSR count). The fraction of sp³-hybridized carbons (Fsp3) is 0.710. The molecule has 8 unspecified atom stereocenters. The largest absolute Gasteiger partial charge is 0.454 e. The zero-order valence-corrected chi connectivity index (χ0v) is 50.7. The van der Waals surface area contributed by atoms with Crippen molar-refractivity contribution in [1.82, 2.24) is 5.32 Å². The van der Waals surface area contributed by atoms with Gasteiger partial charge in [0.15, 0.2) is 12.4 Å². The number of nitrogens with one attached hydrogen (secondary N) is 1. The second kappa shape index (κ2) is 55.8. The van der Waals surface area contributed by atoms with Crippen LogP contribution in [-0.2, 0) is 23.8 Å². The van der Waals surface area contributed by atoms with Crippen LogP contribution in [0.15, 0.2) is 109 Å². The number of allylic oxidation sites excluding steroid dienone is 17. The predicted octanol–water partition coefficient (Wildman–Crippen LogP) is 15.7. The zero-order chi connectivity index (χ0) is 58.2. The van der Waals surface area contributed by atoms with Crippen LogP contribution in [0.5, 0.6) is 0 Å². The van der Waals surface area contributed by atoms with Crippen LogP contribution in [0.4, 0.5) is 0 Å². The minimum absolute atomic E-state index is 0.107. The summed E-state index contributed by atoms with van der Waals surface area (Å²) in [7, 11) is 0. The molecule has 0 aromatic rings. The standard InChI is InChI=1S/C69H117NO10/c1-4-7-10-13-16-19-22-25-27-28-29-30-31-32-33-34-35-36-38-41-44-47-50-53-56-62(73)68(77)70-60(61(72)55-52-49-46-43-40-37-24-21-18-15-12-9-6-3)59-78-69-67(66(76)65(75)63(58-71)79-69)80-64(74)57-54-51-48-45-42-39-26-23-20-17-14-11-8-5-2/h7-8,10-11,16-17,19-20,25,27,29-30,32-33,35-36,52,55,60-63,65-67,69,71-73,75-76H,4-6,9,12-15,18,21-24,26,28,31,34,37-51,53-54,56-59H2,1-3H3,(H,70,77)/b10-7-,11-8+,19-16-,20-17+,27-25-,30-29-,33-32-,36-35-,55-52+. The highest BCUT2D eigenvalue weighted by Crippen LogP contribution is 2.26. The third-order valence-electron chi connectivity index (χ3n) is 14.4. The van der Waals surface area contributed by atoms with E-state index < -0.39 is 67.4 Å². The number of esters is 1. The summed E-state index contributed by atoms with van der Waals surface area (Å²) in [5.74, 6) is -1.22. The summed E-state index contributed by atoms with van der Waals surface area (Å²) < 4.78 is 17.6. The van der Waals surface area contributed by atoms with E-state index in [1.807, 2.05) is 6.08 Å². The number of unbranched alkanes of at least 4 members (excludes halogenated alkanes) is 23. The lowest BCUT2D eigenvalue weighted by molar-refractivity contribution is -0.305. The summed E-state index contributed by atoms with van der Waals surface area (Å²) in [4.78, 5) is 26.6. The summed E-state index contributed by atoms with van der Waals surface area (Å²) >= 11 is 0. The van der Waals surface area contributed by atoms with Gasteiger partial charge < -0.3 is 45.1 Å². The Morgan fingerprint density at radius 3 is 1.35 bits per heavy atom. The Kier molecular flexibility index (Phi) is 51.9. The molecule has 1 saturated heterocycles. The van der Waals surface area contributed by atoms with Crippen molar-refractivity contribution in [3.63, 3.8) is 0 Å². The molecule has 1 aliphatic rings. The van der Waals surface area contributed by atoms with Crippen LogP contribution in [0.25, 0.3) is 0 Å². The second-order valence-corrected chi connectivity index (χ2v) is 21.7. The van der Waals surface area contributed by atoms with Crippen LogP contribution in [0.3, 0.4) is 0 Å². The maximum atomic E-state index is 13.5. The summed E-state index contributed by atoms with van der Waals surface area (Å²) in [5.41, 5.74) is 0. The van der Waals surface area contributed by atoms with Gasteiger partial charge in [-0.2, -0.15) is 0 Å². The van der Waals surface area contributed by atoms with Crippen LogP contribution >= 0.6 is 0 Å². The van der Waals surface area contributed by atoms with Crippen molar-refractivity contribution >= 4 is 11.9 Å². The number of carbonyl (C=O) groups excluding carboxylic acids is 2. The van der Waals surface area contributed by atoms with E-state index in [0.29, 0.717) is 12.8 Å². The maximum absolute atomic E-state index is 13.5. The summed E-state index contributed by atoms with van der Waals surface area (Å²) in [5, 5.41) is 57.0. The van der Waals surface area contributed by atoms with Crippen molar-refractivity contribution in [3.05, 3.63) is 109 Å². The number of amides is 1. The molecule has 1 fully saturated rings. The van der Waals surface area contributed by atoms with Gasteiger partial charge in [-0.25, -0.2) is 0 Å². The molecule has 0 radical (unpaired) electrons. The lowest BCUT2D eigenvalue weighted by Gasteiger charge is -2.41. The first-order chi connectivity index (χ1) is 39.2. The zero-order valence-electron chi connectivity index (χ0n) is 50.7. The third-order valence-corrected chi connectivity index (χ3v) is 14.4. The van der Waals surface area contributed by atoms with E-state index in [9.17, 15) is 35.1 Å². The van der Waals surface area contributed by atoms with Crippen molar-refractivity contribution in [2.24, 2.45) is 0 Å². The van der Waals surface area contributed by atoms with Crippen molar-refractivity contribution in [3.8, 4) is 0 Å². The van der Waals surface area contributed by atoms with Crippen molar-refractivity contribution < 1.29 is 49.3 Å². The van der Waals surface area contributed by atoms with Gasteiger partial charge in [0.1, 0.15) is 24.4 Å². The molecule has 1 heterocycles. The van der Waals surface area contributed by atoms with E-state index in [0.717, 1.165) is 141 Å². The van der Waals surface area contributed by atoms with E-state index in [4.69, 9.17) is 14.2 Å². The SMILES string of the molecule is CC/C=C\C/C=C\C/C=C\C/C=C\C/C=C\C/C=C\CCCCCCCC(O)C(=O)NC(COC1OC(CO)C(O)C(O)C1OC(=O)CCCCCCCCC/C=C/C/C=C/CC)C(O)/C=C/CCCCCCCCCCCCC. The summed E-state index contributed by atoms with van der Waals surface area (Å²) in [6.07, 6.45) is 65.5. The molecule has 0 aromatic carbocycles. The monoisotopic (exact) mass is 1120 g/mol. The van der Waals surface area contributed by atoms with Gasteiger partial charge in [-0.3, -0.25) is 9.59 Å². The van der Waals surface area contributed by atoms with Crippen molar-refractivity contribution in [2.45, 2.75) is 301 Å². The Morgan fingerprint density at radius 1 is 0.500 bits per heavy atom. The molecule has 0 saturated carbocycles. The number of ether oxygens (including phenoxy) is 3. The van der Waals surface area contributed by atoms with E-state index in [1.165, 1.54) is 64.2 Å². The molecule has 458 valence electrons.